The highest BCUT2D eigenvalue weighted by atomic mass is 35.5. The van der Waals surface area contributed by atoms with Gasteiger partial charge in [0.05, 0.1) is 5.52 Å². The van der Waals surface area contributed by atoms with Crippen molar-refractivity contribution in [1.29, 1.82) is 0 Å². The van der Waals surface area contributed by atoms with Crippen LogP contribution >= 0.6 is 11.6 Å². The monoisotopic (exact) mass is 344 g/mol. The van der Waals surface area contributed by atoms with Gasteiger partial charge in [-0.15, -0.1) is 0 Å². The topological polar surface area (TPSA) is 24.9 Å². The highest BCUT2D eigenvalue weighted by Crippen LogP contribution is 2.31. The minimum atomic E-state index is 0.721. The highest BCUT2D eigenvalue weighted by molar-refractivity contribution is 6.31. The molecule has 0 spiro atoms. The van der Waals surface area contributed by atoms with Crippen LogP contribution in [0, 0.1) is 0 Å². The summed E-state index contributed by atoms with van der Waals surface area (Å²) in [4.78, 5) is 4.84. The predicted octanol–water partition coefficient (Wildman–Crippen LogP) is 6.17. The molecule has 0 saturated heterocycles. The summed E-state index contributed by atoms with van der Waals surface area (Å²) in [6.07, 6.45) is 0. The summed E-state index contributed by atoms with van der Waals surface area (Å²) in [7, 11) is 0. The summed E-state index contributed by atoms with van der Waals surface area (Å²) >= 11 is 6.15. The molecule has 0 amide bonds. The van der Waals surface area contributed by atoms with E-state index in [4.69, 9.17) is 16.6 Å². The Morgan fingerprint density at radius 1 is 0.800 bits per heavy atom. The van der Waals surface area contributed by atoms with Crippen LogP contribution in [0.5, 0.6) is 0 Å². The lowest BCUT2D eigenvalue weighted by Gasteiger charge is -2.13. The SMILES string of the molecule is Clc1ccc2nc(NCc3ccccc3)c(-c3ccccc3)cc2c1. The van der Waals surface area contributed by atoms with E-state index in [0.29, 0.717) is 0 Å². The molecule has 2 nitrogen and oxygen atoms in total. The number of pyridine rings is 1. The fourth-order valence-corrected chi connectivity index (χ4v) is 3.08. The van der Waals surface area contributed by atoms with E-state index >= 15 is 0 Å². The van der Waals surface area contributed by atoms with Gasteiger partial charge in [0.2, 0.25) is 0 Å². The van der Waals surface area contributed by atoms with E-state index < -0.39 is 0 Å². The van der Waals surface area contributed by atoms with Crippen LogP contribution in [0.1, 0.15) is 5.56 Å². The van der Waals surface area contributed by atoms with Crippen LogP contribution in [-0.2, 0) is 6.54 Å². The molecule has 0 aliphatic rings. The molecule has 3 aromatic carbocycles. The second kappa shape index (κ2) is 6.96. The van der Waals surface area contributed by atoms with Crippen molar-refractivity contribution >= 4 is 28.3 Å². The zero-order chi connectivity index (χ0) is 17.1. The zero-order valence-electron chi connectivity index (χ0n) is 13.6. The molecule has 0 aliphatic heterocycles. The first-order chi connectivity index (χ1) is 12.3. The maximum atomic E-state index is 6.15. The van der Waals surface area contributed by atoms with Crippen molar-refractivity contribution < 1.29 is 0 Å². The van der Waals surface area contributed by atoms with Crippen molar-refractivity contribution in [3.63, 3.8) is 0 Å². The number of nitrogens with zero attached hydrogens (tertiary/aromatic N) is 1. The normalized spacial score (nSPS) is 10.8. The maximum Gasteiger partial charge on any atom is 0.134 e. The number of rotatable bonds is 4. The third-order valence-corrected chi connectivity index (χ3v) is 4.40. The number of nitrogens with one attached hydrogen (secondary N) is 1. The van der Waals surface area contributed by atoms with Gasteiger partial charge < -0.3 is 5.32 Å². The second-order valence-electron chi connectivity index (χ2n) is 5.93. The quantitative estimate of drug-likeness (QED) is 0.479. The Kier molecular flexibility index (Phi) is 4.36. The molecule has 25 heavy (non-hydrogen) atoms. The minimum absolute atomic E-state index is 0.721. The number of anilines is 1. The van der Waals surface area contributed by atoms with Gasteiger partial charge in [0, 0.05) is 22.5 Å². The van der Waals surface area contributed by atoms with Crippen LogP contribution in [0.3, 0.4) is 0 Å². The van der Waals surface area contributed by atoms with Crippen LogP contribution in [-0.4, -0.2) is 4.98 Å². The number of aromatic nitrogens is 1. The summed E-state index contributed by atoms with van der Waals surface area (Å²) in [5.41, 5.74) is 4.36. The van der Waals surface area contributed by atoms with Crippen molar-refractivity contribution in [2.75, 3.05) is 5.32 Å². The Hall–Kier alpha value is -2.84. The van der Waals surface area contributed by atoms with Gasteiger partial charge in [0.1, 0.15) is 5.82 Å². The Bertz CT molecular complexity index is 998. The van der Waals surface area contributed by atoms with E-state index in [0.717, 1.165) is 39.4 Å². The van der Waals surface area contributed by atoms with Crippen molar-refractivity contribution in [2.24, 2.45) is 0 Å². The molecule has 1 N–H and O–H groups in total. The van der Waals surface area contributed by atoms with Crippen molar-refractivity contribution in [3.05, 3.63) is 95.5 Å². The minimum Gasteiger partial charge on any atom is -0.365 e. The first-order valence-corrected chi connectivity index (χ1v) is 8.61. The summed E-state index contributed by atoms with van der Waals surface area (Å²) in [5, 5.41) is 5.25. The zero-order valence-corrected chi connectivity index (χ0v) is 14.4. The summed E-state index contributed by atoms with van der Waals surface area (Å²) < 4.78 is 0. The number of fused-ring (bicyclic) bond motifs is 1. The van der Waals surface area contributed by atoms with Gasteiger partial charge in [-0.2, -0.15) is 0 Å². The molecule has 122 valence electrons. The van der Waals surface area contributed by atoms with Crippen LogP contribution in [0.15, 0.2) is 84.9 Å². The fraction of sp³-hybridized carbons (Fsp3) is 0.0455. The van der Waals surface area contributed by atoms with Gasteiger partial charge in [0.25, 0.3) is 0 Å². The van der Waals surface area contributed by atoms with E-state index in [9.17, 15) is 0 Å². The molecular formula is C22H17ClN2. The van der Waals surface area contributed by atoms with E-state index in [1.54, 1.807) is 0 Å². The maximum absolute atomic E-state index is 6.15. The fourth-order valence-electron chi connectivity index (χ4n) is 2.90. The van der Waals surface area contributed by atoms with Crippen LogP contribution in [0.25, 0.3) is 22.0 Å². The van der Waals surface area contributed by atoms with Crippen LogP contribution in [0.2, 0.25) is 5.02 Å². The Labute approximate surface area is 152 Å². The molecule has 1 aromatic heterocycles. The highest BCUT2D eigenvalue weighted by Gasteiger charge is 2.09. The van der Waals surface area contributed by atoms with Gasteiger partial charge in [-0.25, -0.2) is 4.98 Å². The van der Waals surface area contributed by atoms with Gasteiger partial charge in [-0.05, 0) is 35.4 Å². The lowest BCUT2D eigenvalue weighted by Crippen LogP contribution is -2.03. The molecule has 0 fully saturated rings. The molecule has 1 heterocycles. The molecule has 0 radical (unpaired) electrons. The molecule has 4 rings (SSSR count). The first kappa shape index (κ1) is 15.7. The third-order valence-electron chi connectivity index (χ3n) is 4.16. The molecule has 3 heteroatoms. The molecule has 0 bridgehead atoms. The molecule has 0 saturated carbocycles. The summed E-state index contributed by atoms with van der Waals surface area (Å²) in [6, 6.07) is 28.6. The van der Waals surface area contributed by atoms with Crippen LogP contribution < -0.4 is 5.32 Å². The Morgan fingerprint density at radius 2 is 1.52 bits per heavy atom. The number of benzene rings is 3. The van der Waals surface area contributed by atoms with E-state index in [1.807, 2.05) is 54.6 Å². The second-order valence-corrected chi connectivity index (χ2v) is 6.36. The van der Waals surface area contributed by atoms with E-state index in [-0.39, 0.29) is 0 Å². The smallest absolute Gasteiger partial charge is 0.134 e. The average molecular weight is 345 g/mol. The van der Waals surface area contributed by atoms with Crippen molar-refractivity contribution in [1.82, 2.24) is 4.98 Å². The number of hydrogen-bond donors (Lipinski definition) is 1. The molecule has 4 aromatic rings. The Balaban J connectivity index is 1.78. The third kappa shape index (κ3) is 3.49. The predicted molar refractivity (Wildman–Crippen MR) is 106 cm³/mol. The summed E-state index contributed by atoms with van der Waals surface area (Å²) in [5.74, 6) is 0.880. The largest absolute Gasteiger partial charge is 0.365 e. The Morgan fingerprint density at radius 3 is 2.28 bits per heavy atom. The average Bonchev–Trinajstić information content (AvgIpc) is 2.67. The van der Waals surface area contributed by atoms with Gasteiger partial charge in [-0.3, -0.25) is 0 Å². The summed E-state index contributed by atoms with van der Waals surface area (Å²) in [6.45, 7) is 0.729. The first-order valence-electron chi connectivity index (χ1n) is 8.23. The lowest BCUT2D eigenvalue weighted by molar-refractivity contribution is 1.12. The van der Waals surface area contributed by atoms with Crippen molar-refractivity contribution in [2.45, 2.75) is 6.54 Å². The molecule has 0 aliphatic carbocycles. The number of halogens is 1. The van der Waals surface area contributed by atoms with Crippen LogP contribution in [0.4, 0.5) is 5.82 Å². The van der Waals surface area contributed by atoms with Crippen molar-refractivity contribution in [3.8, 4) is 11.1 Å². The number of hydrogen-bond acceptors (Lipinski definition) is 2. The van der Waals surface area contributed by atoms with Gasteiger partial charge in [0.15, 0.2) is 0 Å². The standard InChI is InChI=1S/C22H17ClN2/c23-19-11-12-21-18(13-19)14-20(17-9-5-2-6-10-17)22(25-21)24-15-16-7-3-1-4-8-16/h1-14H,15H2,(H,24,25). The van der Waals surface area contributed by atoms with Gasteiger partial charge >= 0.3 is 0 Å². The molecule has 0 unspecified atom stereocenters. The van der Waals surface area contributed by atoms with E-state index in [2.05, 4.69) is 35.6 Å². The molecular weight excluding hydrogens is 328 g/mol. The van der Waals surface area contributed by atoms with E-state index in [1.165, 1.54) is 5.56 Å². The molecule has 0 atom stereocenters. The van der Waals surface area contributed by atoms with Gasteiger partial charge in [-0.1, -0.05) is 72.3 Å². The lowest BCUT2D eigenvalue weighted by atomic mass is 10.0.